The zero-order valence-electron chi connectivity index (χ0n) is 50.9. The lowest BCUT2D eigenvalue weighted by atomic mass is 9.78. The molecule has 18 heteroatoms. The molecule has 3 heterocycles. The van der Waals surface area contributed by atoms with E-state index in [1.54, 1.807) is 27.0 Å². The number of methoxy groups -OCH3 is 2. The minimum absolute atomic E-state index is 0.0380. The normalized spacial score (nSPS) is 26.3. The number of ether oxygens (including phenoxy) is 7. The molecule has 4 aliphatic rings. The maximum absolute atomic E-state index is 14.7. The Balaban J connectivity index is 1.30. The number of Topliss-reactive ketones (excluding diaryl/α,β-unsaturated/α-hetero) is 3. The lowest BCUT2D eigenvalue weighted by Crippen LogP contribution is -2.61. The number of nitrogens with zero attached hydrogens (tertiary/aromatic N) is 2. The van der Waals surface area contributed by atoms with Gasteiger partial charge in [0.25, 0.3) is 11.7 Å². The third-order valence-electron chi connectivity index (χ3n) is 17.1. The van der Waals surface area contributed by atoms with Gasteiger partial charge in [-0.15, -0.1) is 0 Å². The van der Waals surface area contributed by atoms with E-state index in [9.17, 15) is 39.0 Å². The number of rotatable bonds is 31. The number of likely N-dealkylation sites (tertiary alicyclic amines) is 1. The molecule has 4 fully saturated rings. The number of ketones is 3. The van der Waals surface area contributed by atoms with Crippen molar-refractivity contribution in [3.05, 3.63) is 71.3 Å². The summed E-state index contributed by atoms with van der Waals surface area (Å²) in [5.74, 6) is -7.13. The molecule has 0 spiro atoms. The molecule has 3 saturated heterocycles. The standard InChI is InChI=1S/C64H99N3O15/c1-11-12-18-43(4)54(79-34-28-48-19-14-13-15-20-48)41-51-26-23-47(8)64(75,82-51)60(71)61(72)67-30-17-16-21-52(67)62(73)80-55(40-50(68)25-22-44(5)57(69)59(77-10)58(70)46(7)37-42(2)3)45(6)38-49-24-27-53(56(39-49)76-9)81-63(74)65-29-31-66-32-35-78-36-33-66/h11-15,18-20,22,42,45-47,49,51-57,59,69,75H,16-17,21,23-41H2,1-10H3,(H,65,74)/b12-11+,43-18+,44-22+/t45-,46-,47-,49+,51+,52?,53-,54?,55+,56-,57-,59-,64-/m1/s1. The van der Waals surface area contributed by atoms with Crippen LogP contribution in [-0.4, -0.2) is 177 Å². The second-order valence-corrected chi connectivity index (χ2v) is 23.9. The van der Waals surface area contributed by atoms with Crippen LogP contribution >= 0.6 is 0 Å². The third kappa shape index (κ3) is 20.6. The maximum Gasteiger partial charge on any atom is 0.407 e. The topological polar surface area (TPSA) is 226 Å². The van der Waals surface area contributed by atoms with Gasteiger partial charge in [-0.3, -0.25) is 24.1 Å². The van der Waals surface area contributed by atoms with Crippen LogP contribution in [0, 0.1) is 29.6 Å². The van der Waals surface area contributed by atoms with E-state index in [2.05, 4.69) is 10.2 Å². The fourth-order valence-electron chi connectivity index (χ4n) is 12.0. The molecule has 0 bridgehead atoms. The highest BCUT2D eigenvalue weighted by Crippen LogP contribution is 2.38. The van der Waals surface area contributed by atoms with E-state index in [1.165, 1.54) is 12.0 Å². The maximum atomic E-state index is 14.7. The molecule has 5 rings (SSSR count). The Bertz CT molecular complexity index is 2280. The predicted octanol–water partition coefficient (Wildman–Crippen LogP) is 8.08. The van der Waals surface area contributed by atoms with Crippen LogP contribution in [0.5, 0.6) is 0 Å². The summed E-state index contributed by atoms with van der Waals surface area (Å²) in [5, 5.41) is 26.4. The monoisotopic (exact) mass is 1150 g/mol. The van der Waals surface area contributed by atoms with Gasteiger partial charge in [0.15, 0.2) is 5.78 Å². The lowest BCUT2D eigenvalue weighted by molar-refractivity contribution is -0.266. The summed E-state index contributed by atoms with van der Waals surface area (Å²) in [5.41, 5.74) is 2.46. The highest BCUT2D eigenvalue weighted by Gasteiger charge is 2.53. The Morgan fingerprint density at radius 2 is 1.63 bits per heavy atom. The van der Waals surface area contributed by atoms with Crippen molar-refractivity contribution >= 4 is 35.3 Å². The number of carbonyl (C=O) groups is 6. The van der Waals surface area contributed by atoms with Crippen molar-refractivity contribution in [3.63, 3.8) is 0 Å². The van der Waals surface area contributed by atoms with Crippen LogP contribution in [0.15, 0.2) is 65.8 Å². The summed E-state index contributed by atoms with van der Waals surface area (Å²) >= 11 is 0. The molecule has 3 aliphatic heterocycles. The zero-order chi connectivity index (χ0) is 59.9. The fourth-order valence-corrected chi connectivity index (χ4v) is 12.0. The van der Waals surface area contributed by atoms with Crippen molar-refractivity contribution < 1.29 is 72.1 Å². The molecule has 2 amide bonds. The van der Waals surface area contributed by atoms with Crippen molar-refractivity contribution in [3.8, 4) is 0 Å². The zero-order valence-corrected chi connectivity index (χ0v) is 50.9. The van der Waals surface area contributed by atoms with E-state index >= 15 is 0 Å². The van der Waals surface area contributed by atoms with Crippen LogP contribution in [0.25, 0.3) is 0 Å². The Hall–Kier alpha value is -4.66. The number of esters is 1. The van der Waals surface area contributed by atoms with E-state index in [4.69, 9.17) is 33.2 Å². The van der Waals surface area contributed by atoms with Crippen molar-refractivity contribution in [2.45, 2.75) is 200 Å². The molecule has 82 heavy (non-hydrogen) atoms. The van der Waals surface area contributed by atoms with Crippen LogP contribution in [0.3, 0.4) is 0 Å². The number of hydrogen-bond donors (Lipinski definition) is 3. The summed E-state index contributed by atoms with van der Waals surface area (Å²) in [4.78, 5) is 87.5. The first-order valence-corrected chi connectivity index (χ1v) is 30.3. The quantitative estimate of drug-likeness (QED) is 0.0276. The Morgan fingerprint density at radius 1 is 0.902 bits per heavy atom. The second kappa shape index (κ2) is 34.3. The average molecular weight is 1150 g/mol. The smallest absolute Gasteiger partial charge is 0.407 e. The number of nitrogens with one attached hydrogen (secondary N) is 1. The predicted molar refractivity (Wildman–Crippen MR) is 311 cm³/mol. The minimum Gasteiger partial charge on any atom is -0.460 e. The number of benzene rings is 1. The number of carbonyl (C=O) groups excluding carboxylic acids is 6. The molecule has 460 valence electrons. The van der Waals surface area contributed by atoms with Gasteiger partial charge in [-0.05, 0) is 126 Å². The van der Waals surface area contributed by atoms with Crippen LogP contribution in [0.1, 0.15) is 144 Å². The average Bonchev–Trinajstić information content (AvgIpc) is 3.63. The largest absolute Gasteiger partial charge is 0.460 e. The van der Waals surface area contributed by atoms with Crippen molar-refractivity contribution in [1.82, 2.24) is 15.1 Å². The molecule has 13 atom stereocenters. The van der Waals surface area contributed by atoms with Gasteiger partial charge in [-0.1, -0.05) is 89.3 Å². The molecular weight excluding hydrogens is 1050 g/mol. The van der Waals surface area contributed by atoms with Crippen molar-refractivity contribution in [2.24, 2.45) is 29.6 Å². The lowest BCUT2D eigenvalue weighted by Gasteiger charge is -2.43. The fraction of sp³-hybridized carbons (Fsp3) is 0.719. The molecule has 1 aromatic carbocycles. The van der Waals surface area contributed by atoms with Gasteiger partial charge >= 0.3 is 12.1 Å². The van der Waals surface area contributed by atoms with Crippen molar-refractivity contribution in [1.29, 1.82) is 0 Å². The number of morpholine rings is 1. The molecule has 0 aromatic heterocycles. The SMILES string of the molecule is C/C=C/C=C(\C)C(C[C@@H]1CC[C@@H](C)[C@](O)(C(=O)C(=O)N2CCCCC2C(=O)O[C@@H](CC(=O)C/C=C(\C)[C@@H](O)[C@@H](OC)C(=O)[C@H](C)CC(C)C)[C@H](C)C[C@@H]2CC[C@@H](OC(=O)NCCN3CCOCC3)[C@H](OC)C2)O1)OCCc1ccccc1. The second-order valence-electron chi connectivity index (χ2n) is 23.9. The number of aliphatic hydroxyl groups is 2. The van der Waals surface area contributed by atoms with Crippen LogP contribution in [-0.2, 0) is 63.6 Å². The van der Waals surface area contributed by atoms with Gasteiger partial charge in [-0.2, -0.15) is 0 Å². The van der Waals surface area contributed by atoms with E-state index in [0.717, 1.165) is 24.2 Å². The summed E-state index contributed by atoms with van der Waals surface area (Å²) in [6, 6.07) is 8.83. The van der Waals surface area contributed by atoms with Gasteiger partial charge in [0, 0.05) is 78.0 Å². The third-order valence-corrected chi connectivity index (χ3v) is 17.1. The van der Waals surface area contributed by atoms with Gasteiger partial charge < -0.3 is 53.6 Å². The first kappa shape index (κ1) is 68.1. The van der Waals surface area contributed by atoms with Gasteiger partial charge in [0.2, 0.25) is 5.79 Å². The van der Waals surface area contributed by atoms with Crippen molar-refractivity contribution in [2.75, 3.05) is 66.8 Å². The first-order valence-electron chi connectivity index (χ1n) is 30.3. The molecule has 1 aromatic rings. The van der Waals surface area contributed by atoms with Crippen LogP contribution < -0.4 is 5.32 Å². The summed E-state index contributed by atoms with van der Waals surface area (Å²) in [7, 11) is 2.96. The highest BCUT2D eigenvalue weighted by atomic mass is 16.6. The number of aliphatic hydroxyl groups excluding tert-OH is 1. The molecule has 1 saturated carbocycles. The molecule has 1 aliphatic carbocycles. The summed E-state index contributed by atoms with van der Waals surface area (Å²) in [6.07, 6.45) is 7.34. The number of hydrogen-bond acceptors (Lipinski definition) is 16. The minimum atomic E-state index is -2.47. The first-order chi connectivity index (χ1) is 39.2. The van der Waals surface area contributed by atoms with E-state index in [0.29, 0.717) is 109 Å². The van der Waals surface area contributed by atoms with E-state index in [-0.39, 0.29) is 55.1 Å². The summed E-state index contributed by atoms with van der Waals surface area (Å²) in [6.45, 7) is 19.5. The number of allylic oxidation sites excluding steroid dienone is 4. The molecule has 2 unspecified atom stereocenters. The molecule has 0 radical (unpaired) electrons. The van der Waals surface area contributed by atoms with Crippen LogP contribution in [0.2, 0.25) is 0 Å². The number of piperidine rings is 1. The Morgan fingerprint density at radius 3 is 2.32 bits per heavy atom. The Labute approximate surface area is 488 Å². The summed E-state index contributed by atoms with van der Waals surface area (Å²) < 4.78 is 41.8. The number of alkyl carbamates (subject to hydrolysis) is 1. The van der Waals surface area contributed by atoms with Crippen LogP contribution in [0.4, 0.5) is 4.79 Å². The molecular formula is C64H99N3O15. The number of amides is 2. The highest BCUT2D eigenvalue weighted by molar-refractivity contribution is 6.39. The molecule has 18 nitrogen and oxygen atoms in total. The van der Waals surface area contributed by atoms with Gasteiger partial charge in [0.05, 0.1) is 38.1 Å². The molecule has 3 N–H and O–H groups in total. The van der Waals surface area contributed by atoms with Gasteiger partial charge in [0.1, 0.15) is 36.2 Å². The van der Waals surface area contributed by atoms with Gasteiger partial charge in [-0.25, -0.2) is 9.59 Å². The van der Waals surface area contributed by atoms with E-state index < -0.39 is 90.1 Å². The Kier molecular flexibility index (Phi) is 28.5. The van der Waals surface area contributed by atoms with E-state index in [1.807, 2.05) is 90.1 Å².